The molecule has 1 aliphatic heterocycles. The zero-order valence-corrected chi connectivity index (χ0v) is 7.56. The van der Waals surface area contributed by atoms with Gasteiger partial charge in [0, 0.05) is 6.61 Å². The monoisotopic (exact) mass is 160 g/mol. The van der Waals surface area contributed by atoms with Gasteiger partial charge in [0.25, 0.3) is 0 Å². The molecule has 0 spiro atoms. The first-order valence-electron chi connectivity index (χ1n) is 4.30. The van der Waals surface area contributed by atoms with Gasteiger partial charge >= 0.3 is 0 Å². The summed E-state index contributed by atoms with van der Waals surface area (Å²) < 4.78 is 18.8. The normalized spacial score (nSPS) is 46.9. The zero-order chi connectivity index (χ0) is 8.48. The lowest BCUT2D eigenvalue weighted by Gasteiger charge is -2.28. The average Bonchev–Trinajstić information content (AvgIpc) is 2.03. The Kier molecular flexibility index (Phi) is 2.53. The first-order chi connectivity index (χ1) is 5.04. The lowest BCUT2D eigenvalue weighted by molar-refractivity contribution is 0.0115. The fourth-order valence-corrected chi connectivity index (χ4v) is 1.52. The van der Waals surface area contributed by atoms with Crippen molar-refractivity contribution in [3.8, 4) is 0 Å². The van der Waals surface area contributed by atoms with Crippen molar-refractivity contribution < 1.29 is 9.13 Å². The van der Waals surface area contributed by atoms with Crippen molar-refractivity contribution in [3.63, 3.8) is 0 Å². The Morgan fingerprint density at radius 1 is 1.45 bits per heavy atom. The van der Waals surface area contributed by atoms with Crippen LogP contribution < -0.4 is 0 Å². The number of rotatable bonds is 0. The first-order valence-corrected chi connectivity index (χ1v) is 4.30. The molecular formula is C9H17FO. The van der Waals surface area contributed by atoms with E-state index < -0.39 is 5.67 Å². The van der Waals surface area contributed by atoms with Gasteiger partial charge in [-0.2, -0.15) is 0 Å². The van der Waals surface area contributed by atoms with Crippen LogP contribution in [-0.4, -0.2) is 18.9 Å². The maximum atomic E-state index is 13.7. The highest BCUT2D eigenvalue weighted by atomic mass is 19.1. The van der Waals surface area contributed by atoms with Gasteiger partial charge in [0.15, 0.2) is 0 Å². The number of hydrogen-bond acceptors (Lipinski definition) is 1. The van der Waals surface area contributed by atoms with Crippen LogP contribution in [0.2, 0.25) is 0 Å². The topological polar surface area (TPSA) is 9.23 Å². The minimum absolute atomic E-state index is 0.116. The van der Waals surface area contributed by atoms with Crippen molar-refractivity contribution in [2.24, 2.45) is 11.8 Å². The van der Waals surface area contributed by atoms with E-state index >= 15 is 0 Å². The molecule has 66 valence electrons. The van der Waals surface area contributed by atoms with Crippen molar-refractivity contribution in [2.45, 2.75) is 32.9 Å². The smallest absolute Gasteiger partial charge is 0.134 e. The lowest BCUT2D eigenvalue weighted by atomic mass is 9.82. The Hall–Kier alpha value is -0.110. The Balaban J connectivity index is 2.65. The summed E-state index contributed by atoms with van der Waals surface area (Å²) in [6, 6.07) is 0. The highest BCUT2D eigenvalue weighted by Crippen LogP contribution is 2.32. The second-order valence-electron chi connectivity index (χ2n) is 3.89. The van der Waals surface area contributed by atoms with E-state index in [1.165, 1.54) is 0 Å². The summed E-state index contributed by atoms with van der Waals surface area (Å²) in [4.78, 5) is 0. The van der Waals surface area contributed by atoms with Gasteiger partial charge in [-0.25, -0.2) is 4.39 Å². The van der Waals surface area contributed by atoms with Crippen LogP contribution in [0, 0.1) is 11.8 Å². The van der Waals surface area contributed by atoms with Crippen molar-refractivity contribution in [1.29, 1.82) is 0 Å². The van der Waals surface area contributed by atoms with Crippen LogP contribution in [0.4, 0.5) is 4.39 Å². The van der Waals surface area contributed by atoms with Gasteiger partial charge < -0.3 is 4.74 Å². The molecule has 0 aromatic rings. The third kappa shape index (κ3) is 1.92. The van der Waals surface area contributed by atoms with Crippen LogP contribution in [0.15, 0.2) is 0 Å². The second-order valence-corrected chi connectivity index (χ2v) is 3.89. The molecule has 2 heteroatoms. The molecule has 1 fully saturated rings. The molecule has 0 aromatic heterocycles. The van der Waals surface area contributed by atoms with Gasteiger partial charge in [0.1, 0.15) is 5.67 Å². The van der Waals surface area contributed by atoms with Gasteiger partial charge in [0.05, 0.1) is 6.61 Å². The standard InChI is InChI=1S/C9H17FO/c1-7-4-5-11-6-9(3,10)8(7)2/h7-8H,4-6H2,1-3H3. The molecule has 0 aliphatic carbocycles. The zero-order valence-electron chi connectivity index (χ0n) is 7.56. The molecule has 0 amide bonds. The fourth-order valence-electron chi connectivity index (χ4n) is 1.52. The van der Waals surface area contributed by atoms with E-state index in [1.54, 1.807) is 6.92 Å². The van der Waals surface area contributed by atoms with Crippen molar-refractivity contribution in [3.05, 3.63) is 0 Å². The fraction of sp³-hybridized carbons (Fsp3) is 1.00. The quantitative estimate of drug-likeness (QED) is 0.528. The maximum Gasteiger partial charge on any atom is 0.134 e. The molecule has 0 aromatic carbocycles. The van der Waals surface area contributed by atoms with E-state index in [1.807, 2.05) is 6.92 Å². The largest absolute Gasteiger partial charge is 0.378 e. The Morgan fingerprint density at radius 2 is 2.09 bits per heavy atom. The summed E-state index contributed by atoms with van der Waals surface area (Å²) in [5.41, 5.74) is -1.13. The first kappa shape index (κ1) is 8.98. The average molecular weight is 160 g/mol. The Labute approximate surface area is 67.9 Å². The summed E-state index contributed by atoms with van der Waals surface area (Å²) in [6.45, 7) is 6.68. The maximum absolute atomic E-state index is 13.7. The van der Waals surface area contributed by atoms with Crippen LogP contribution in [0.25, 0.3) is 0 Å². The van der Waals surface area contributed by atoms with Crippen LogP contribution in [0.1, 0.15) is 27.2 Å². The highest BCUT2D eigenvalue weighted by Gasteiger charge is 2.36. The minimum Gasteiger partial charge on any atom is -0.378 e. The lowest BCUT2D eigenvalue weighted by Crippen LogP contribution is -2.34. The predicted molar refractivity (Wildman–Crippen MR) is 43.3 cm³/mol. The summed E-state index contributed by atoms with van der Waals surface area (Å²) in [6.07, 6.45) is 0.987. The van der Waals surface area contributed by atoms with Crippen LogP contribution in [-0.2, 0) is 4.74 Å². The van der Waals surface area contributed by atoms with E-state index in [0.29, 0.717) is 12.5 Å². The third-order valence-electron chi connectivity index (χ3n) is 2.90. The Bertz CT molecular complexity index is 134. The SMILES string of the molecule is CC1CCOCC(C)(F)C1C. The summed E-state index contributed by atoms with van der Waals surface area (Å²) in [7, 11) is 0. The van der Waals surface area contributed by atoms with Crippen LogP contribution in [0.5, 0.6) is 0 Å². The molecule has 1 aliphatic rings. The van der Waals surface area contributed by atoms with Crippen LogP contribution >= 0.6 is 0 Å². The molecule has 11 heavy (non-hydrogen) atoms. The van der Waals surface area contributed by atoms with E-state index in [-0.39, 0.29) is 12.5 Å². The molecule has 0 N–H and O–H groups in total. The molecule has 3 unspecified atom stereocenters. The molecule has 3 atom stereocenters. The number of hydrogen-bond donors (Lipinski definition) is 0. The number of halogens is 1. The molecular weight excluding hydrogens is 143 g/mol. The molecule has 0 bridgehead atoms. The molecule has 1 rings (SSSR count). The molecule has 1 saturated heterocycles. The number of alkyl halides is 1. The van der Waals surface area contributed by atoms with Gasteiger partial charge in [0.2, 0.25) is 0 Å². The van der Waals surface area contributed by atoms with Crippen LogP contribution in [0.3, 0.4) is 0 Å². The van der Waals surface area contributed by atoms with E-state index in [2.05, 4.69) is 6.92 Å². The van der Waals surface area contributed by atoms with E-state index in [4.69, 9.17) is 4.74 Å². The van der Waals surface area contributed by atoms with Crippen molar-refractivity contribution in [1.82, 2.24) is 0 Å². The van der Waals surface area contributed by atoms with Gasteiger partial charge in [-0.3, -0.25) is 0 Å². The summed E-state index contributed by atoms with van der Waals surface area (Å²) >= 11 is 0. The van der Waals surface area contributed by atoms with E-state index in [0.717, 1.165) is 6.42 Å². The molecule has 0 radical (unpaired) electrons. The molecule has 1 heterocycles. The van der Waals surface area contributed by atoms with Gasteiger partial charge in [-0.1, -0.05) is 13.8 Å². The highest BCUT2D eigenvalue weighted by molar-refractivity contribution is 4.84. The second kappa shape index (κ2) is 3.10. The summed E-state index contributed by atoms with van der Waals surface area (Å²) in [5.74, 6) is 0.553. The summed E-state index contributed by atoms with van der Waals surface area (Å²) in [5, 5.41) is 0. The third-order valence-corrected chi connectivity index (χ3v) is 2.90. The minimum atomic E-state index is -1.13. The van der Waals surface area contributed by atoms with Crippen molar-refractivity contribution >= 4 is 0 Å². The van der Waals surface area contributed by atoms with Gasteiger partial charge in [-0.05, 0) is 25.2 Å². The molecule has 1 nitrogen and oxygen atoms in total. The van der Waals surface area contributed by atoms with Gasteiger partial charge in [-0.15, -0.1) is 0 Å². The molecule has 0 saturated carbocycles. The Morgan fingerprint density at radius 3 is 2.73 bits per heavy atom. The number of ether oxygens (including phenoxy) is 1. The van der Waals surface area contributed by atoms with Crippen molar-refractivity contribution in [2.75, 3.05) is 13.2 Å². The van der Waals surface area contributed by atoms with E-state index in [9.17, 15) is 4.39 Å². The predicted octanol–water partition coefficient (Wildman–Crippen LogP) is 2.41.